The molecule has 0 saturated heterocycles. The molecule has 0 aromatic heterocycles. The third-order valence-corrected chi connectivity index (χ3v) is 4.05. The van der Waals surface area contributed by atoms with Gasteiger partial charge >= 0.3 is 0 Å². The van der Waals surface area contributed by atoms with E-state index in [1.807, 2.05) is 36.4 Å². The van der Waals surface area contributed by atoms with Gasteiger partial charge in [-0.2, -0.15) is 0 Å². The Morgan fingerprint density at radius 1 is 0.429 bits per heavy atom. The molecular formula is C26H52N2. The van der Waals surface area contributed by atoms with Gasteiger partial charge in [0.25, 0.3) is 0 Å². The first kappa shape index (κ1) is 29.3. The summed E-state index contributed by atoms with van der Waals surface area (Å²) in [6.07, 6.45) is 0. The summed E-state index contributed by atoms with van der Waals surface area (Å²) in [4.78, 5) is 5.05. The Morgan fingerprint density at radius 2 is 0.607 bits per heavy atom. The van der Waals surface area contributed by atoms with Crippen molar-refractivity contribution >= 4 is 0 Å². The van der Waals surface area contributed by atoms with Crippen LogP contribution in [0.15, 0.2) is 36.4 Å². The zero-order chi connectivity index (χ0) is 21.9. The Kier molecular flexibility index (Phi) is 20.4. The van der Waals surface area contributed by atoms with Crippen molar-refractivity contribution in [2.24, 2.45) is 23.7 Å². The van der Waals surface area contributed by atoms with Crippen LogP contribution in [0.5, 0.6) is 0 Å². The summed E-state index contributed by atoms with van der Waals surface area (Å²) >= 11 is 0. The van der Waals surface area contributed by atoms with Crippen LogP contribution in [0.4, 0.5) is 0 Å². The number of hydrogen-bond acceptors (Lipinski definition) is 2. The quantitative estimate of drug-likeness (QED) is 0.426. The summed E-state index contributed by atoms with van der Waals surface area (Å²) in [6.45, 7) is 30.1. The average Bonchev–Trinajstić information content (AvgIpc) is 2.61. The lowest BCUT2D eigenvalue weighted by atomic mass is 10.1. The van der Waals surface area contributed by atoms with Gasteiger partial charge in [-0.3, -0.25) is 0 Å². The summed E-state index contributed by atoms with van der Waals surface area (Å²) in [7, 11) is 0. The summed E-state index contributed by atoms with van der Waals surface area (Å²) in [5.41, 5.74) is 0. The zero-order valence-corrected chi connectivity index (χ0v) is 20.9. The van der Waals surface area contributed by atoms with E-state index < -0.39 is 0 Å². The lowest BCUT2D eigenvalue weighted by molar-refractivity contribution is 0.230. The van der Waals surface area contributed by atoms with Crippen molar-refractivity contribution in [2.75, 3.05) is 39.3 Å². The number of benzene rings is 1. The van der Waals surface area contributed by atoms with Gasteiger partial charge in [-0.15, -0.1) is 0 Å². The Bertz CT molecular complexity index is 327. The van der Waals surface area contributed by atoms with Crippen molar-refractivity contribution < 1.29 is 0 Å². The second-order valence-electron chi connectivity index (χ2n) is 9.43. The highest BCUT2D eigenvalue weighted by molar-refractivity contribution is 4.99. The van der Waals surface area contributed by atoms with E-state index in [0.717, 1.165) is 23.7 Å². The highest BCUT2D eigenvalue weighted by Crippen LogP contribution is 2.03. The van der Waals surface area contributed by atoms with Crippen molar-refractivity contribution in [1.29, 1.82) is 0 Å². The minimum atomic E-state index is 0.800. The molecule has 0 heterocycles. The van der Waals surface area contributed by atoms with Crippen molar-refractivity contribution in [3.8, 4) is 0 Å². The predicted molar refractivity (Wildman–Crippen MR) is 130 cm³/mol. The highest BCUT2D eigenvalue weighted by atomic mass is 15.1. The predicted octanol–water partition coefficient (Wildman–Crippen LogP) is 6.93. The Morgan fingerprint density at radius 3 is 0.714 bits per heavy atom. The minimum Gasteiger partial charge on any atom is -0.303 e. The first-order valence-corrected chi connectivity index (χ1v) is 11.6. The number of rotatable bonds is 10. The molecule has 2 nitrogen and oxygen atoms in total. The van der Waals surface area contributed by atoms with Gasteiger partial charge in [-0.1, -0.05) is 106 Å². The van der Waals surface area contributed by atoms with E-state index in [0.29, 0.717) is 0 Å². The maximum Gasteiger partial charge on any atom is 0.000438 e. The van der Waals surface area contributed by atoms with Crippen molar-refractivity contribution in [3.05, 3.63) is 36.4 Å². The topological polar surface area (TPSA) is 6.48 Å². The van der Waals surface area contributed by atoms with E-state index in [2.05, 4.69) is 79.0 Å². The molecule has 0 fully saturated rings. The number of hydrogen-bond donors (Lipinski definition) is 0. The van der Waals surface area contributed by atoms with Gasteiger partial charge in [0.05, 0.1) is 0 Å². The molecule has 1 aromatic rings. The fourth-order valence-electron chi connectivity index (χ4n) is 3.12. The van der Waals surface area contributed by atoms with Crippen LogP contribution < -0.4 is 0 Å². The molecule has 0 aliphatic heterocycles. The first-order valence-electron chi connectivity index (χ1n) is 11.6. The summed E-state index contributed by atoms with van der Waals surface area (Å²) in [5, 5.41) is 0. The fourth-order valence-corrected chi connectivity index (χ4v) is 3.12. The summed E-state index contributed by atoms with van der Waals surface area (Å²) in [6, 6.07) is 12.0. The molecule has 28 heavy (non-hydrogen) atoms. The molecule has 0 aliphatic rings. The van der Waals surface area contributed by atoms with Crippen LogP contribution in [0.1, 0.15) is 69.2 Å². The van der Waals surface area contributed by atoms with Crippen LogP contribution in [-0.4, -0.2) is 49.1 Å². The normalized spacial score (nSPS) is 11.1. The second kappa shape index (κ2) is 19.5. The van der Waals surface area contributed by atoms with E-state index in [1.165, 1.54) is 39.3 Å². The van der Waals surface area contributed by atoms with E-state index in [9.17, 15) is 0 Å². The molecule has 0 amide bonds. The molecule has 0 bridgehead atoms. The van der Waals surface area contributed by atoms with Crippen LogP contribution >= 0.6 is 0 Å². The molecular weight excluding hydrogens is 340 g/mol. The standard InChI is InChI=1S/2C10H23N.C6H6/c2*1-6-11(7-9(2)3)8-10(4)5;1-2-4-6-5-3-1/h2*9-10H,6-8H2,1-5H3;1-6H. The van der Waals surface area contributed by atoms with Gasteiger partial charge in [-0.25, -0.2) is 0 Å². The molecule has 2 heteroatoms. The monoisotopic (exact) mass is 392 g/mol. The van der Waals surface area contributed by atoms with Gasteiger partial charge in [0.15, 0.2) is 0 Å². The Balaban J connectivity index is 0. The molecule has 0 saturated carbocycles. The molecule has 1 aromatic carbocycles. The van der Waals surface area contributed by atoms with Crippen molar-refractivity contribution in [3.63, 3.8) is 0 Å². The lowest BCUT2D eigenvalue weighted by Gasteiger charge is -2.24. The molecule has 1 rings (SSSR count). The van der Waals surface area contributed by atoms with Crippen LogP contribution in [0.25, 0.3) is 0 Å². The van der Waals surface area contributed by atoms with Gasteiger partial charge in [-0.05, 0) is 36.8 Å². The van der Waals surface area contributed by atoms with Crippen LogP contribution in [-0.2, 0) is 0 Å². The van der Waals surface area contributed by atoms with E-state index >= 15 is 0 Å². The molecule has 0 aliphatic carbocycles. The number of nitrogens with zero attached hydrogens (tertiary/aromatic N) is 2. The van der Waals surface area contributed by atoms with Crippen molar-refractivity contribution in [1.82, 2.24) is 9.80 Å². The van der Waals surface area contributed by atoms with E-state index in [1.54, 1.807) is 0 Å². The van der Waals surface area contributed by atoms with Crippen molar-refractivity contribution in [2.45, 2.75) is 69.2 Å². The smallest absolute Gasteiger partial charge is 0.000438 e. The van der Waals surface area contributed by atoms with Crippen LogP contribution in [0.3, 0.4) is 0 Å². The molecule has 0 radical (unpaired) electrons. The zero-order valence-electron chi connectivity index (χ0n) is 20.9. The molecule has 0 unspecified atom stereocenters. The van der Waals surface area contributed by atoms with E-state index in [-0.39, 0.29) is 0 Å². The highest BCUT2D eigenvalue weighted by Gasteiger charge is 2.06. The van der Waals surface area contributed by atoms with Gasteiger partial charge in [0.2, 0.25) is 0 Å². The average molecular weight is 393 g/mol. The maximum atomic E-state index is 2.52. The van der Waals surface area contributed by atoms with Crippen LogP contribution in [0, 0.1) is 23.7 Å². The van der Waals surface area contributed by atoms with Gasteiger partial charge in [0.1, 0.15) is 0 Å². The van der Waals surface area contributed by atoms with E-state index in [4.69, 9.17) is 0 Å². The molecule has 0 N–H and O–H groups in total. The van der Waals surface area contributed by atoms with Gasteiger partial charge < -0.3 is 9.80 Å². The SMILES string of the molecule is CCN(CC(C)C)CC(C)C.CCN(CC(C)C)CC(C)C.c1ccccc1. The first-order chi connectivity index (χ1) is 13.1. The third-order valence-electron chi connectivity index (χ3n) is 4.05. The molecule has 0 spiro atoms. The molecule has 0 atom stereocenters. The Hall–Kier alpha value is -0.860. The summed E-state index contributed by atoms with van der Waals surface area (Å²) in [5.74, 6) is 3.20. The maximum absolute atomic E-state index is 2.52. The lowest BCUT2D eigenvalue weighted by Crippen LogP contribution is -2.30. The Labute approximate surface area is 178 Å². The summed E-state index contributed by atoms with van der Waals surface area (Å²) < 4.78 is 0. The minimum absolute atomic E-state index is 0.800. The third kappa shape index (κ3) is 23.2. The second-order valence-corrected chi connectivity index (χ2v) is 9.43. The van der Waals surface area contributed by atoms with Gasteiger partial charge in [0, 0.05) is 26.2 Å². The largest absolute Gasteiger partial charge is 0.303 e. The fraction of sp³-hybridized carbons (Fsp3) is 0.769. The van der Waals surface area contributed by atoms with Crippen LogP contribution in [0.2, 0.25) is 0 Å². The molecule has 166 valence electrons.